The predicted octanol–water partition coefficient (Wildman–Crippen LogP) is 3.34. The molecule has 0 bridgehead atoms. The molecule has 150 valence electrons. The van der Waals surface area contributed by atoms with Gasteiger partial charge in [-0.25, -0.2) is 28.5 Å². The maximum atomic E-state index is 11.4. The first-order valence-electron chi connectivity index (χ1n) is 8.20. The standard InChI is InChI=1S/C18H15ClN6O2S.ClH/c19-13-3-5-14(6-4-13)24-17-16-18(22-10-21-17)25(11-23-16)9-12-1-7-15(8-2-12)28(20,26)27;/h1-8,10-11H,9H2,(H2,20,26,27)(H,21,22,24);1H. The molecular formula is C18H16Cl2N6O2S. The summed E-state index contributed by atoms with van der Waals surface area (Å²) in [6.07, 6.45) is 3.13. The maximum absolute atomic E-state index is 11.4. The number of hydrogen-bond donors (Lipinski definition) is 2. The first-order chi connectivity index (χ1) is 13.4. The minimum absolute atomic E-state index is 0. The molecule has 8 nitrogen and oxygen atoms in total. The maximum Gasteiger partial charge on any atom is 0.238 e. The van der Waals surface area contributed by atoms with Crippen LogP contribution in [0.5, 0.6) is 0 Å². The fraction of sp³-hybridized carbons (Fsp3) is 0.0556. The van der Waals surface area contributed by atoms with Crippen LogP contribution in [0.3, 0.4) is 0 Å². The van der Waals surface area contributed by atoms with Gasteiger partial charge in [0.1, 0.15) is 6.33 Å². The van der Waals surface area contributed by atoms with E-state index in [9.17, 15) is 8.42 Å². The van der Waals surface area contributed by atoms with Gasteiger partial charge in [0, 0.05) is 10.7 Å². The molecule has 0 saturated heterocycles. The second-order valence-corrected chi connectivity index (χ2v) is 8.09. The van der Waals surface area contributed by atoms with Crippen LogP contribution in [0.4, 0.5) is 11.5 Å². The highest BCUT2D eigenvalue weighted by molar-refractivity contribution is 7.89. The van der Waals surface area contributed by atoms with Crippen LogP contribution in [0.25, 0.3) is 11.2 Å². The van der Waals surface area contributed by atoms with Gasteiger partial charge in [-0.1, -0.05) is 23.7 Å². The topological polar surface area (TPSA) is 116 Å². The minimum Gasteiger partial charge on any atom is -0.338 e. The Morgan fingerprint density at radius 2 is 1.69 bits per heavy atom. The van der Waals surface area contributed by atoms with Gasteiger partial charge in [0.25, 0.3) is 0 Å². The van der Waals surface area contributed by atoms with Crippen LogP contribution in [0.1, 0.15) is 5.56 Å². The van der Waals surface area contributed by atoms with Crippen molar-refractivity contribution in [3.63, 3.8) is 0 Å². The Morgan fingerprint density at radius 3 is 2.34 bits per heavy atom. The molecule has 0 atom stereocenters. The fourth-order valence-corrected chi connectivity index (χ4v) is 3.38. The number of nitrogens with two attached hydrogens (primary N) is 1. The first kappa shape index (κ1) is 21.0. The van der Waals surface area contributed by atoms with Crippen molar-refractivity contribution in [2.75, 3.05) is 5.32 Å². The summed E-state index contributed by atoms with van der Waals surface area (Å²) in [4.78, 5) is 13.1. The molecule has 0 saturated carbocycles. The molecule has 4 aromatic rings. The highest BCUT2D eigenvalue weighted by Crippen LogP contribution is 2.23. The summed E-state index contributed by atoms with van der Waals surface area (Å²) in [5.41, 5.74) is 3.00. The van der Waals surface area contributed by atoms with Gasteiger partial charge in [0.15, 0.2) is 17.0 Å². The molecule has 0 fully saturated rings. The minimum atomic E-state index is -3.71. The number of imidazole rings is 1. The highest BCUT2D eigenvalue weighted by atomic mass is 35.5. The van der Waals surface area contributed by atoms with Crippen molar-refractivity contribution in [3.05, 3.63) is 71.8 Å². The smallest absolute Gasteiger partial charge is 0.238 e. The van der Waals surface area contributed by atoms with Crippen molar-refractivity contribution in [2.24, 2.45) is 5.14 Å². The SMILES string of the molecule is Cl.NS(=O)(=O)c1ccc(Cn2cnc3c(Nc4ccc(Cl)cc4)ncnc32)cc1. The van der Waals surface area contributed by atoms with E-state index < -0.39 is 10.0 Å². The molecule has 2 heterocycles. The number of nitrogens with zero attached hydrogens (tertiary/aromatic N) is 4. The van der Waals surface area contributed by atoms with Gasteiger partial charge in [0.05, 0.1) is 17.8 Å². The highest BCUT2D eigenvalue weighted by Gasteiger charge is 2.12. The summed E-state index contributed by atoms with van der Waals surface area (Å²) >= 11 is 5.92. The number of hydrogen-bond acceptors (Lipinski definition) is 6. The van der Waals surface area contributed by atoms with E-state index in [2.05, 4.69) is 20.3 Å². The number of aromatic nitrogens is 4. The van der Waals surface area contributed by atoms with Gasteiger partial charge >= 0.3 is 0 Å². The predicted molar refractivity (Wildman–Crippen MR) is 114 cm³/mol. The van der Waals surface area contributed by atoms with E-state index in [1.165, 1.54) is 18.5 Å². The molecule has 11 heteroatoms. The zero-order valence-corrected chi connectivity index (χ0v) is 17.2. The van der Waals surface area contributed by atoms with E-state index in [0.717, 1.165) is 11.3 Å². The lowest BCUT2D eigenvalue weighted by atomic mass is 10.2. The number of halogens is 2. The summed E-state index contributed by atoms with van der Waals surface area (Å²) in [5, 5.41) is 8.99. The Labute approximate surface area is 178 Å². The molecular weight excluding hydrogens is 435 g/mol. The van der Waals surface area contributed by atoms with Crippen molar-refractivity contribution >= 4 is 56.7 Å². The van der Waals surface area contributed by atoms with E-state index in [-0.39, 0.29) is 17.3 Å². The molecule has 0 spiro atoms. The van der Waals surface area contributed by atoms with E-state index in [1.54, 1.807) is 30.6 Å². The third-order valence-corrected chi connectivity index (χ3v) is 5.29. The van der Waals surface area contributed by atoms with Crippen LogP contribution < -0.4 is 10.5 Å². The Bertz CT molecular complexity index is 1240. The van der Waals surface area contributed by atoms with Gasteiger partial charge < -0.3 is 9.88 Å². The third kappa shape index (κ3) is 4.65. The quantitative estimate of drug-likeness (QED) is 0.481. The van der Waals surface area contributed by atoms with Crippen molar-refractivity contribution < 1.29 is 8.42 Å². The van der Waals surface area contributed by atoms with Crippen molar-refractivity contribution in [1.82, 2.24) is 19.5 Å². The number of sulfonamides is 1. The number of anilines is 2. The molecule has 0 radical (unpaired) electrons. The van der Waals surface area contributed by atoms with Gasteiger partial charge in [0.2, 0.25) is 10.0 Å². The normalized spacial score (nSPS) is 11.2. The molecule has 3 N–H and O–H groups in total. The van der Waals surface area contributed by atoms with E-state index >= 15 is 0 Å². The Kier molecular flexibility index (Phi) is 6.04. The third-order valence-electron chi connectivity index (χ3n) is 4.11. The van der Waals surface area contributed by atoms with E-state index in [4.69, 9.17) is 16.7 Å². The molecule has 0 unspecified atom stereocenters. The van der Waals surface area contributed by atoms with Crippen LogP contribution in [0.2, 0.25) is 5.02 Å². The van der Waals surface area contributed by atoms with Crippen LogP contribution in [0, 0.1) is 0 Å². The summed E-state index contributed by atoms with van der Waals surface area (Å²) in [6.45, 7) is 0.471. The molecule has 0 aliphatic heterocycles. The second-order valence-electron chi connectivity index (χ2n) is 6.09. The van der Waals surface area contributed by atoms with Crippen LogP contribution >= 0.6 is 24.0 Å². The first-order valence-corrected chi connectivity index (χ1v) is 10.1. The molecule has 2 aromatic carbocycles. The number of nitrogens with one attached hydrogen (secondary N) is 1. The summed E-state index contributed by atoms with van der Waals surface area (Å²) in [6, 6.07) is 13.6. The van der Waals surface area contributed by atoms with Crippen molar-refractivity contribution in [1.29, 1.82) is 0 Å². The molecule has 2 aromatic heterocycles. The van der Waals surface area contributed by atoms with Gasteiger partial charge in [-0.2, -0.15) is 0 Å². The largest absolute Gasteiger partial charge is 0.338 e. The average molecular weight is 451 g/mol. The number of benzene rings is 2. The zero-order valence-electron chi connectivity index (χ0n) is 14.9. The monoisotopic (exact) mass is 450 g/mol. The number of fused-ring (bicyclic) bond motifs is 1. The summed E-state index contributed by atoms with van der Waals surface area (Å²) < 4.78 is 24.6. The van der Waals surface area contributed by atoms with Crippen molar-refractivity contribution in [2.45, 2.75) is 11.4 Å². The van der Waals surface area contributed by atoms with Crippen LogP contribution in [-0.2, 0) is 16.6 Å². The van der Waals surface area contributed by atoms with Gasteiger partial charge in [-0.3, -0.25) is 0 Å². The lowest BCUT2D eigenvalue weighted by Gasteiger charge is -2.07. The number of primary sulfonamides is 1. The lowest BCUT2D eigenvalue weighted by molar-refractivity contribution is 0.597. The summed E-state index contributed by atoms with van der Waals surface area (Å²) in [7, 11) is -3.71. The average Bonchev–Trinajstić information content (AvgIpc) is 3.07. The van der Waals surface area contributed by atoms with Crippen LogP contribution in [-0.4, -0.2) is 27.9 Å². The molecule has 0 aliphatic rings. The molecule has 29 heavy (non-hydrogen) atoms. The van der Waals surface area contributed by atoms with Crippen LogP contribution in [0.15, 0.2) is 66.1 Å². The molecule has 0 amide bonds. The lowest BCUT2D eigenvalue weighted by Crippen LogP contribution is -2.12. The Balaban J connectivity index is 0.00000240. The van der Waals surface area contributed by atoms with E-state index in [1.807, 2.05) is 16.7 Å². The van der Waals surface area contributed by atoms with Gasteiger partial charge in [-0.05, 0) is 42.0 Å². The Hall–Kier alpha value is -2.72. The molecule has 4 rings (SSSR count). The summed E-state index contributed by atoms with van der Waals surface area (Å²) in [5.74, 6) is 0.579. The molecule has 0 aliphatic carbocycles. The Morgan fingerprint density at radius 1 is 1.00 bits per heavy atom. The fourth-order valence-electron chi connectivity index (χ4n) is 2.74. The van der Waals surface area contributed by atoms with E-state index in [0.29, 0.717) is 28.5 Å². The zero-order chi connectivity index (χ0) is 19.7. The second kappa shape index (κ2) is 8.34. The van der Waals surface area contributed by atoms with Gasteiger partial charge in [-0.15, -0.1) is 12.4 Å². The number of rotatable bonds is 5. The van der Waals surface area contributed by atoms with Crippen molar-refractivity contribution in [3.8, 4) is 0 Å².